The van der Waals surface area contributed by atoms with Gasteiger partial charge >= 0.3 is 0 Å². The van der Waals surface area contributed by atoms with Crippen LogP contribution in [0.5, 0.6) is 0 Å². The molecule has 8 nitrogen and oxygen atoms in total. The van der Waals surface area contributed by atoms with Gasteiger partial charge in [0.25, 0.3) is 0 Å². The third-order valence-corrected chi connectivity index (χ3v) is 10.3. The molecule has 0 spiro atoms. The second kappa shape index (κ2) is 13.8. The lowest BCUT2D eigenvalue weighted by molar-refractivity contribution is 0.404. The molecular weight excluding hydrogens is 653 g/mol. The Hall–Kier alpha value is -6.64. The van der Waals surface area contributed by atoms with E-state index in [1.807, 2.05) is 36.4 Å². The van der Waals surface area contributed by atoms with Gasteiger partial charge in [0.15, 0.2) is 0 Å². The molecule has 0 fully saturated rings. The van der Waals surface area contributed by atoms with Crippen LogP contribution in [0.1, 0.15) is 5.56 Å². The third-order valence-electron chi connectivity index (χ3n) is 10.3. The first-order valence-electron chi connectivity index (χ1n) is 18.2. The van der Waals surface area contributed by atoms with Crippen LogP contribution in [0, 0.1) is 0 Å². The number of nitrogens with one attached hydrogen (secondary N) is 5. The third kappa shape index (κ3) is 5.99. The van der Waals surface area contributed by atoms with Gasteiger partial charge in [-0.15, -0.1) is 0 Å². The molecule has 9 rings (SSSR count). The number of anilines is 2. The molecule has 3 atom stereocenters. The van der Waals surface area contributed by atoms with Crippen LogP contribution >= 0.6 is 0 Å². The zero-order valence-electron chi connectivity index (χ0n) is 29.3. The van der Waals surface area contributed by atoms with Crippen molar-refractivity contribution in [2.45, 2.75) is 18.2 Å². The average Bonchev–Trinajstić information content (AvgIpc) is 3.55. The van der Waals surface area contributed by atoms with Crippen molar-refractivity contribution in [3.05, 3.63) is 193 Å². The summed E-state index contributed by atoms with van der Waals surface area (Å²) in [7, 11) is 0. The standard InChI is InChI=1S/C45H42N8/c1-30-13-11-12-26-52(40-19-8-5-16-34(30)40)32-22-24-37(47-28-32)43-44(51-45(39(27-46)50-43)49-31-14-3-2-4-15-31)38-25-23-33(29-48-38)53-41-20-9-6-17-35(41)36-18-7-10-21-42(36)53/h2-26,28,37,39,45,47-51H,1,27,29,46H2/b13-11-,26-12-. The molecule has 0 aliphatic carbocycles. The molecule has 53 heavy (non-hydrogen) atoms. The number of nitrogens with zero attached hydrogens (tertiary/aromatic N) is 2. The second-order valence-electron chi connectivity index (χ2n) is 13.6. The number of dihydropyridines is 2. The maximum atomic E-state index is 6.44. The van der Waals surface area contributed by atoms with Crippen molar-refractivity contribution in [1.82, 2.24) is 25.8 Å². The zero-order valence-corrected chi connectivity index (χ0v) is 29.3. The number of benzene rings is 4. The summed E-state index contributed by atoms with van der Waals surface area (Å²) in [5.41, 5.74) is 18.2. The highest BCUT2D eigenvalue weighted by atomic mass is 15.3. The van der Waals surface area contributed by atoms with Crippen molar-refractivity contribution in [3.8, 4) is 0 Å². The predicted octanol–water partition coefficient (Wildman–Crippen LogP) is 7.27. The quantitative estimate of drug-likeness (QED) is 0.107. The summed E-state index contributed by atoms with van der Waals surface area (Å²) in [4.78, 5) is 2.19. The number of nitrogens with two attached hydrogens (primary N) is 1. The van der Waals surface area contributed by atoms with E-state index in [-0.39, 0.29) is 18.2 Å². The van der Waals surface area contributed by atoms with E-state index < -0.39 is 0 Å². The minimum Gasteiger partial charge on any atom is -0.378 e. The molecule has 3 unspecified atom stereocenters. The highest BCUT2D eigenvalue weighted by Crippen LogP contribution is 2.34. The van der Waals surface area contributed by atoms with Crippen LogP contribution in [0.4, 0.5) is 11.4 Å². The highest BCUT2D eigenvalue weighted by molar-refractivity contribution is 6.10. The molecule has 7 N–H and O–H groups in total. The molecule has 0 amide bonds. The van der Waals surface area contributed by atoms with Gasteiger partial charge in [-0.1, -0.05) is 97.6 Å². The van der Waals surface area contributed by atoms with Crippen LogP contribution in [0.15, 0.2) is 187 Å². The van der Waals surface area contributed by atoms with Crippen LogP contribution in [-0.2, 0) is 0 Å². The van der Waals surface area contributed by atoms with Crippen molar-refractivity contribution in [3.63, 3.8) is 0 Å². The van der Waals surface area contributed by atoms with Crippen molar-refractivity contribution in [2.24, 2.45) is 5.73 Å². The normalized spacial score (nSPS) is 22.2. The van der Waals surface area contributed by atoms with Gasteiger partial charge < -0.3 is 41.8 Å². The topological polar surface area (TPSA) is 94.3 Å². The number of rotatable bonds is 7. The molecule has 4 aliphatic rings. The van der Waals surface area contributed by atoms with E-state index in [4.69, 9.17) is 5.73 Å². The zero-order chi connectivity index (χ0) is 35.7. The summed E-state index contributed by atoms with van der Waals surface area (Å²) >= 11 is 0. The highest BCUT2D eigenvalue weighted by Gasteiger charge is 2.34. The fourth-order valence-electron chi connectivity index (χ4n) is 7.70. The van der Waals surface area contributed by atoms with E-state index in [0.717, 1.165) is 45.3 Å². The first-order valence-corrected chi connectivity index (χ1v) is 18.2. The Bertz CT molecular complexity index is 2390. The lowest BCUT2D eigenvalue weighted by Gasteiger charge is -2.41. The molecule has 4 aromatic carbocycles. The molecule has 0 bridgehead atoms. The maximum Gasteiger partial charge on any atom is 0.119 e. The van der Waals surface area contributed by atoms with E-state index >= 15 is 0 Å². The van der Waals surface area contributed by atoms with E-state index in [2.05, 4.69) is 164 Å². The molecule has 0 saturated carbocycles. The second-order valence-corrected chi connectivity index (χ2v) is 13.6. The van der Waals surface area contributed by atoms with Crippen LogP contribution in [0.2, 0.25) is 0 Å². The molecule has 4 aliphatic heterocycles. The van der Waals surface area contributed by atoms with E-state index in [9.17, 15) is 0 Å². The largest absolute Gasteiger partial charge is 0.378 e. The maximum absolute atomic E-state index is 6.44. The molecule has 1 aromatic heterocycles. The summed E-state index contributed by atoms with van der Waals surface area (Å²) in [6.45, 7) is 5.39. The summed E-state index contributed by atoms with van der Waals surface area (Å²) in [6, 6.07) is 35.7. The minimum atomic E-state index is -0.158. The Morgan fingerprint density at radius 1 is 0.792 bits per heavy atom. The first-order chi connectivity index (χ1) is 26.2. The summed E-state index contributed by atoms with van der Waals surface area (Å²) in [5, 5.41) is 21.4. The summed E-state index contributed by atoms with van der Waals surface area (Å²) < 4.78 is 2.37. The number of hydrogen-bond acceptors (Lipinski definition) is 7. The number of aromatic nitrogens is 1. The van der Waals surface area contributed by atoms with Gasteiger partial charge in [0, 0.05) is 46.7 Å². The fourth-order valence-corrected chi connectivity index (χ4v) is 7.70. The monoisotopic (exact) mass is 694 g/mol. The number of fused-ring (bicyclic) bond motifs is 4. The fraction of sp³-hybridized carbons (Fsp3) is 0.111. The summed E-state index contributed by atoms with van der Waals surface area (Å²) in [5.74, 6) is 0. The lowest BCUT2D eigenvalue weighted by atomic mass is 9.99. The van der Waals surface area contributed by atoms with Gasteiger partial charge in [0.1, 0.15) is 6.17 Å². The number of hydrogen-bond donors (Lipinski definition) is 6. The molecule has 262 valence electrons. The molecule has 0 saturated heterocycles. The Kier molecular flexibility index (Phi) is 8.42. The van der Waals surface area contributed by atoms with E-state index in [0.29, 0.717) is 13.1 Å². The van der Waals surface area contributed by atoms with Crippen LogP contribution < -0.4 is 37.2 Å². The van der Waals surface area contributed by atoms with Gasteiger partial charge in [-0.3, -0.25) is 0 Å². The van der Waals surface area contributed by atoms with Crippen molar-refractivity contribution in [2.75, 3.05) is 23.3 Å². The first kappa shape index (κ1) is 32.3. The lowest BCUT2D eigenvalue weighted by Crippen LogP contribution is -2.61. The molecule has 5 heterocycles. The molecule has 0 radical (unpaired) electrons. The smallest absolute Gasteiger partial charge is 0.119 e. The molecular formula is C45H42N8. The van der Waals surface area contributed by atoms with Gasteiger partial charge in [0.05, 0.1) is 58.1 Å². The SMILES string of the molecule is C=C1/C=C\C=C/N(C2=CNC(C3=C(C4=CC=C(n5c6ccccc6c6ccccc65)CN4)NC(Nc4ccccc4)C(CN)N3)C=C2)c2ccccc21. The average molecular weight is 695 g/mol. The van der Waals surface area contributed by atoms with Crippen molar-refractivity contribution < 1.29 is 0 Å². The van der Waals surface area contributed by atoms with Gasteiger partial charge in [-0.2, -0.15) is 0 Å². The number of para-hydroxylation sites is 4. The summed E-state index contributed by atoms with van der Waals surface area (Å²) in [6.07, 6.45) is 18.9. The van der Waals surface area contributed by atoms with Gasteiger partial charge in [-0.05, 0) is 60.2 Å². The van der Waals surface area contributed by atoms with E-state index in [1.54, 1.807) is 0 Å². The van der Waals surface area contributed by atoms with Crippen LogP contribution in [0.3, 0.4) is 0 Å². The Morgan fingerprint density at radius 3 is 2.25 bits per heavy atom. The predicted molar refractivity (Wildman–Crippen MR) is 220 cm³/mol. The van der Waals surface area contributed by atoms with E-state index in [1.165, 1.54) is 27.5 Å². The Balaban J connectivity index is 1.08. The van der Waals surface area contributed by atoms with Gasteiger partial charge in [0.2, 0.25) is 0 Å². The molecule has 5 aromatic rings. The Labute approximate surface area is 309 Å². The minimum absolute atomic E-state index is 0.0793. The van der Waals surface area contributed by atoms with Crippen LogP contribution in [-0.4, -0.2) is 35.9 Å². The van der Waals surface area contributed by atoms with Gasteiger partial charge in [-0.25, -0.2) is 0 Å². The van der Waals surface area contributed by atoms with Crippen molar-refractivity contribution in [1.29, 1.82) is 0 Å². The van der Waals surface area contributed by atoms with Crippen molar-refractivity contribution >= 4 is 44.5 Å². The Morgan fingerprint density at radius 2 is 1.53 bits per heavy atom. The molecule has 8 heteroatoms. The van der Waals surface area contributed by atoms with Crippen LogP contribution in [0.25, 0.3) is 33.1 Å². The number of allylic oxidation sites excluding steroid dienone is 7.